The van der Waals surface area contributed by atoms with E-state index in [4.69, 9.17) is 12.2 Å². The molecule has 1 aromatic carbocycles. The Labute approximate surface area is 141 Å². The van der Waals surface area contributed by atoms with Crippen molar-refractivity contribution >= 4 is 51.9 Å². The van der Waals surface area contributed by atoms with E-state index in [2.05, 4.69) is 4.98 Å². The zero-order valence-electron chi connectivity index (χ0n) is 11.6. The fourth-order valence-electron chi connectivity index (χ4n) is 2.08. The van der Waals surface area contributed by atoms with Crippen LogP contribution in [-0.4, -0.2) is 21.2 Å². The molecule has 0 aliphatic carbocycles. The van der Waals surface area contributed by atoms with Crippen molar-refractivity contribution in [2.24, 2.45) is 0 Å². The van der Waals surface area contributed by atoms with Gasteiger partial charge in [0.25, 0.3) is 5.91 Å². The second kappa shape index (κ2) is 6.31. The van der Waals surface area contributed by atoms with Gasteiger partial charge in [0.15, 0.2) is 4.32 Å². The minimum absolute atomic E-state index is 0.00668. The lowest BCUT2D eigenvalue weighted by Crippen LogP contribution is -2.28. The fraction of sp³-hybridized carbons (Fsp3) is 0. The van der Waals surface area contributed by atoms with Gasteiger partial charge in [-0.1, -0.05) is 42.2 Å². The quantitative estimate of drug-likeness (QED) is 0.627. The summed E-state index contributed by atoms with van der Waals surface area (Å²) in [4.78, 5) is 29.3. The molecule has 1 saturated heterocycles. The molecule has 2 heterocycles. The Hall–Kier alpha value is -2.51. The Bertz CT molecular complexity index is 834. The maximum atomic E-state index is 12.6. The first-order valence-corrected chi connectivity index (χ1v) is 7.78. The van der Waals surface area contributed by atoms with E-state index >= 15 is 0 Å². The molecule has 3 rings (SSSR count). The monoisotopic (exact) mass is 341 g/mol. The maximum absolute atomic E-state index is 12.6. The average molecular weight is 341 g/mol. The molecule has 114 valence electrons. The minimum Gasteiger partial charge on any atom is -0.545 e. The number of nitrogens with zero attached hydrogens (tertiary/aromatic N) is 2. The number of anilines is 1. The van der Waals surface area contributed by atoms with Gasteiger partial charge in [-0.05, 0) is 35.4 Å². The number of benzene rings is 1. The molecular formula is C16H9N2O3S2-. The molecule has 0 radical (unpaired) electrons. The van der Waals surface area contributed by atoms with Crippen LogP contribution in [0, 0.1) is 0 Å². The van der Waals surface area contributed by atoms with E-state index in [1.54, 1.807) is 36.7 Å². The Kier molecular flexibility index (Phi) is 4.22. The molecule has 1 aromatic heterocycles. The van der Waals surface area contributed by atoms with E-state index in [0.29, 0.717) is 14.9 Å². The number of thioether (sulfide) groups is 1. The summed E-state index contributed by atoms with van der Waals surface area (Å²) in [7, 11) is 0. The van der Waals surface area contributed by atoms with Crippen molar-refractivity contribution in [1.29, 1.82) is 0 Å². The van der Waals surface area contributed by atoms with E-state index in [1.165, 1.54) is 17.0 Å². The summed E-state index contributed by atoms with van der Waals surface area (Å²) in [5, 5.41) is 11.0. The number of hydrogen-bond donors (Lipinski definition) is 0. The molecule has 1 aliphatic heterocycles. The smallest absolute Gasteiger partial charge is 0.270 e. The Morgan fingerprint density at radius 3 is 2.83 bits per heavy atom. The summed E-state index contributed by atoms with van der Waals surface area (Å²) in [5.41, 5.74) is 1.19. The van der Waals surface area contributed by atoms with Crippen LogP contribution in [0.1, 0.15) is 15.9 Å². The fourth-order valence-corrected chi connectivity index (χ4v) is 3.37. The minimum atomic E-state index is -1.30. The Morgan fingerprint density at radius 1 is 1.30 bits per heavy atom. The molecular weight excluding hydrogens is 332 g/mol. The maximum Gasteiger partial charge on any atom is 0.270 e. The number of thiocarbonyl (C=S) groups is 1. The van der Waals surface area contributed by atoms with Crippen LogP contribution >= 0.6 is 24.0 Å². The van der Waals surface area contributed by atoms with Crippen molar-refractivity contribution in [2.45, 2.75) is 0 Å². The van der Waals surface area contributed by atoms with Crippen LogP contribution in [0.5, 0.6) is 0 Å². The highest BCUT2D eigenvalue weighted by molar-refractivity contribution is 8.27. The molecule has 1 aliphatic rings. The van der Waals surface area contributed by atoms with Crippen molar-refractivity contribution in [1.82, 2.24) is 4.98 Å². The Balaban J connectivity index is 1.95. The van der Waals surface area contributed by atoms with Crippen molar-refractivity contribution in [2.75, 3.05) is 4.90 Å². The first-order valence-electron chi connectivity index (χ1n) is 6.55. The number of carboxylic acids is 1. The number of carbonyl (C=O) groups excluding carboxylic acids is 2. The van der Waals surface area contributed by atoms with Gasteiger partial charge in [0, 0.05) is 12.4 Å². The molecule has 23 heavy (non-hydrogen) atoms. The highest BCUT2D eigenvalue weighted by Gasteiger charge is 2.33. The van der Waals surface area contributed by atoms with Crippen molar-refractivity contribution < 1.29 is 14.7 Å². The summed E-state index contributed by atoms with van der Waals surface area (Å²) in [6.07, 6.45) is 4.99. The third-order valence-electron chi connectivity index (χ3n) is 3.12. The number of rotatable bonds is 3. The number of aromatic carboxylic acids is 1. The summed E-state index contributed by atoms with van der Waals surface area (Å²) < 4.78 is 0.348. The number of amides is 1. The predicted octanol–water partition coefficient (Wildman–Crippen LogP) is 1.85. The van der Waals surface area contributed by atoms with Gasteiger partial charge in [-0.3, -0.25) is 14.7 Å². The van der Waals surface area contributed by atoms with Gasteiger partial charge in [-0.15, -0.1) is 0 Å². The van der Waals surface area contributed by atoms with Crippen molar-refractivity contribution in [3.8, 4) is 0 Å². The van der Waals surface area contributed by atoms with Gasteiger partial charge in [0.05, 0.1) is 16.6 Å². The summed E-state index contributed by atoms with van der Waals surface area (Å²) in [5.74, 6) is -1.59. The molecule has 0 unspecified atom stereocenters. The van der Waals surface area contributed by atoms with Gasteiger partial charge in [0.1, 0.15) is 0 Å². The second-order valence-electron chi connectivity index (χ2n) is 4.64. The lowest BCUT2D eigenvalue weighted by atomic mass is 10.2. The molecule has 0 atom stereocenters. The third-order valence-corrected chi connectivity index (χ3v) is 4.42. The van der Waals surface area contributed by atoms with Gasteiger partial charge in [-0.25, -0.2) is 0 Å². The van der Waals surface area contributed by atoms with Crippen LogP contribution in [0.2, 0.25) is 0 Å². The molecule has 0 spiro atoms. The normalized spacial score (nSPS) is 16.2. The zero-order chi connectivity index (χ0) is 16.4. The lowest BCUT2D eigenvalue weighted by Gasteiger charge is -2.15. The van der Waals surface area contributed by atoms with Gasteiger partial charge >= 0.3 is 0 Å². The highest BCUT2D eigenvalue weighted by Crippen LogP contribution is 2.36. The number of carbonyl (C=O) groups is 2. The molecule has 0 bridgehead atoms. The van der Waals surface area contributed by atoms with Gasteiger partial charge < -0.3 is 9.90 Å². The van der Waals surface area contributed by atoms with Gasteiger partial charge in [0.2, 0.25) is 0 Å². The SMILES string of the molecule is O=C([O-])c1cccc(N2C(=O)/C(=C\c3cccnc3)SC2=S)c1. The van der Waals surface area contributed by atoms with Crippen molar-refractivity contribution in [3.05, 3.63) is 64.8 Å². The summed E-state index contributed by atoms with van der Waals surface area (Å²) in [6, 6.07) is 9.55. The zero-order valence-corrected chi connectivity index (χ0v) is 13.3. The predicted molar refractivity (Wildman–Crippen MR) is 90.7 cm³/mol. The van der Waals surface area contributed by atoms with Crippen LogP contribution in [0.4, 0.5) is 5.69 Å². The van der Waals surface area contributed by atoms with Crippen LogP contribution in [-0.2, 0) is 4.79 Å². The molecule has 1 fully saturated rings. The molecule has 0 N–H and O–H groups in total. The molecule has 5 nitrogen and oxygen atoms in total. The van der Waals surface area contributed by atoms with Crippen molar-refractivity contribution in [3.63, 3.8) is 0 Å². The third kappa shape index (κ3) is 3.15. The summed E-state index contributed by atoms with van der Waals surface area (Å²) >= 11 is 6.41. The van der Waals surface area contributed by atoms with Gasteiger partial charge in [-0.2, -0.15) is 0 Å². The topological polar surface area (TPSA) is 73.3 Å². The largest absolute Gasteiger partial charge is 0.545 e. The van der Waals surface area contributed by atoms with Crippen LogP contribution in [0.3, 0.4) is 0 Å². The van der Waals surface area contributed by atoms with E-state index in [0.717, 1.165) is 17.3 Å². The average Bonchev–Trinajstić information content (AvgIpc) is 2.82. The van der Waals surface area contributed by atoms with Crippen LogP contribution < -0.4 is 10.0 Å². The first-order chi connectivity index (χ1) is 11.1. The standard InChI is InChI=1S/C16H10N2O3S2/c19-14-13(7-10-3-2-6-17-9-10)23-16(22)18(14)12-5-1-4-11(8-12)15(20)21/h1-9H,(H,20,21)/p-1/b13-7+. The Morgan fingerprint density at radius 2 is 2.13 bits per heavy atom. The molecule has 1 amide bonds. The molecule has 0 saturated carbocycles. The number of pyridine rings is 1. The van der Waals surface area contributed by atoms with E-state index in [-0.39, 0.29) is 11.5 Å². The van der Waals surface area contributed by atoms with E-state index in [1.807, 2.05) is 6.07 Å². The van der Waals surface area contributed by atoms with Crippen LogP contribution in [0.25, 0.3) is 6.08 Å². The molecule has 7 heteroatoms. The number of aromatic nitrogens is 1. The number of hydrogen-bond acceptors (Lipinski definition) is 6. The van der Waals surface area contributed by atoms with E-state index < -0.39 is 5.97 Å². The number of carboxylic acid groups (broad SMARTS) is 1. The van der Waals surface area contributed by atoms with Crippen LogP contribution in [0.15, 0.2) is 53.7 Å². The second-order valence-corrected chi connectivity index (χ2v) is 6.32. The first kappa shape index (κ1) is 15.4. The van der Waals surface area contributed by atoms with E-state index in [9.17, 15) is 14.7 Å². The lowest BCUT2D eigenvalue weighted by molar-refractivity contribution is -0.255. The highest BCUT2D eigenvalue weighted by atomic mass is 32.2. The summed E-state index contributed by atoms with van der Waals surface area (Å²) in [6.45, 7) is 0. The molecule has 2 aromatic rings.